The highest BCUT2D eigenvalue weighted by Gasteiger charge is 2.62. The summed E-state index contributed by atoms with van der Waals surface area (Å²) in [6.45, 7) is 3.45. The first-order valence-corrected chi connectivity index (χ1v) is 10.4. The summed E-state index contributed by atoms with van der Waals surface area (Å²) in [5.41, 5.74) is 4.55. The molecule has 0 aromatic heterocycles. The van der Waals surface area contributed by atoms with Crippen LogP contribution in [0, 0.1) is 11.3 Å². The molecule has 1 saturated heterocycles. The van der Waals surface area contributed by atoms with Crippen molar-refractivity contribution in [3.8, 4) is 0 Å². The van der Waals surface area contributed by atoms with Crippen LogP contribution in [-0.2, 0) is 13.0 Å². The zero-order valence-electron chi connectivity index (χ0n) is 16.3. The zero-order valence-corrected chi connectivity index (χ0v) is 16.3. The molecule has 2 aliphatic rings. The lowest BCUT2D eigenvalue weighted by molar-refractivity contribution is 0.310. The Morgan fingerprint density at radius 2 is 1.39 bits per heavy atom. The third-order valence-electron chi connectivity index (χ3n) is 6.62. The fraction of sp³-hybridized carbons (Fsp3) is 0.308. The van der Waals surface area contributed by atoms with E-state index in [1.54, 1.807) is 0 Å². The van der Waals surface area contributed by atoms with Crippen LogP contribution in [0.3, 0.4) is 0 Å². The number of hydrogen-bond acceptors (Lipinski definition) is 2. The number of rotatable bonds is 6. The Labute approximate surface area is 168 Å². The molecule has 3 aromatic carbocycles. The minimum atomic E-state index is 0.403. The van der Waals surface area contributed by atoms with Crippen molar-refractivity contribution < 1.29 is 0 Å². The molecule has 3 aromatic rings. The maximum absolute atomic E-state index is 3.82. The molecule has 2 unspecified atom stereocenters. The number of anilines is 1. The van der Waals surface area contributed by atoms with Crippen molar-refractivity contribution in [3.05, 3.63) is 102 Å². The molecule has 1 saturated carbocycles. The maximum Gasteiger partial charge on any atom is 0.0342 e. The van der Waals surface area contributed by atoms with Crippen molar-refractivity contribution in [2.75, 3.05) is 18.4 Å². The zero-order chi connectivity index (χ0) is 18.8. The molecule has 2 nitrogen and oxygen atoms in total. The minimum Gasteiger partial charge on any atom is -0.382 e. The molecule has 5 rings (SSSR count). The first kappa shape index (κ1) is 17.5. The number of para-hydroxylation sites is 1. The molecule has 0 amide bonds. The summed E-state index contributed by atoms with van der Waals surface area (Å²) in [4.78, 5) is 2.68. The van der Waals surface area contributed by atoms with Crippen LogP contribution in [0.15, 0.2) is 91.0 Å². The minimum absolute atomic E-state index is 0.403. The molecule has 1 heterocycles. The Bertz CT molecular complexity index is 854. The highest BCUT2D eigenvalue weighted by atomic mass is 15.2. The predicted octanol–water partition coefficient (Wildman–Crippen LogP) is 5.23. The van der Waals surface area contributed by atoms with E-state index in [9.17, 15) is 0 Å². The van der Waals surface area contributed by atoms with E-state index >= 15 is 0 Å². The van der Waals surface area contributed by atoms with Crippen LogP contribution in [0.4, 0.5) is 5.69 Å². The first-order valence-electron chi connectivity index (χ1n) is 10.4. The van der Waals surface area contributed by atoms with Gasteiger partial charge in [0, 0.05) is 36.8 Å². The van der Waals surface area contributed by atoms with Crippen LogP contribution in [-0.4, -0.2) is 24.0 Å². The molecular formula is C26H28N2. The predicted molar refractivity (Wildman–Crippen MR) is 116 cm³/mol. The summed E-state index contributed by atoms with van der Waals surface area (Å²) in [6, 6.07) is 33.2. The summed E-state index contributed by atoms with van der Waals surface area (Å²) >= 11 is 0. The monoisotopic (exact) mass is 368 g/mol. The SMILES string of the molecule is c1ccc(C[C@H]2CN(Cc3ccccc3)CC23CC3Nc2ccccc2)cc1. The van der Waals surface area contributed by atoms with Gasteiger partial charge in [-0.05, 0) is 42.0 Å². The number of nitrogens with zero attached hydrogens (tertiary/aromatic N) is 1. The third-order valence-corrected chi connectivity index (χ3v) is 6.62. The number of hydrogen-bond donors (Lipinski definition) is 1. The van der Waals surface area contributed by atoms with Crippen molar-refractivity contribution in [2.24, 2.45) is 11.3 Å². The Morgan fingerprint density at radius 1 is 0.786 bits per heavy atom. The van der Waals surface area contributed by atoms with Gasteiger partial charge in [-0.1, -0.05) is 78.9 Å². The van der Waals surface area contributed by atoms with E-state index in [0.717, 1.165) is 6.54 Å². The van der Waals surface area contributed by atoms with Crippen LogP contribution in [0.2, 0.25) is 0 Å². The Kier molecular flexibility index (Phi) is 4.66. The van der Waals surface area contributed by atoms with Gasteiger partial charge in [-0.2, -0.15) is 0 Å². The van der Waals surface area contributed by atoms with Crippen molar-refractivity contribution >= 4 is 5.69 Å². The van der Waals surface area contributed by atoms with Gasteiger partial charge in [0.25, 0.3) is 0 Å². The summed E-state index contributed by atoms with van der Waals surface area (Å²) < 4.78 is 0. The fourth-order valence-corrected chi connectivity index (χ4v) is 5.11. The second kappa shape index (κ2) is 7.44. The maximum atomic E-state index is 3.82. The lowest BCUT2D eigenvalue weighted by Gasteiger charge is -2.20. The van der Waals surface area contributed by atoms with Crippen LogP contribution in [0.5, 0.6) is 0 Å². The molecule has 0 bridgehead atoms. The van der Waals surface area contributed by atoms with E-state index < -0.39 is 0 Å². The Hall–Kier alpha value is -2.58. The van der Waals surface area contributed by atoms with E-state index in [0.29, 0.717) is 17.4 Å². The summed E-state index contributed by atoms with van der Waals surface area (Å²) in [7, 11) is 0. The quantitative estimate of drug-likeness (QED) is 0.641. The average molecular weight is 369 g/mol. The van der Waals surface area contributed by atoms with E-state index in [-0.39, 0.29) is 0 Å². The molecule has 2 fully saturated rings. The van der Waals surface area contributed by atoms with Crippen LogP contribution in [0.1, 0.15) is 17.5 Å². The fourth-order valence-electron chi connectivity index (χ4n) is 5.11. The van der Waals surface area contributed by atoms with Crippen molar-refractivity contribution in [1.29, 1.82) is 0 Å². The number of likely N-dealkylation sites (tertiary alicyclic amines) is 1. The Morgan fingerprint density at radius 3 is 2.07 bits per heavy atom. The van der Waals surface area contributed by atoms with Crippen LogP contribution >= 0.6 is 0 Å². The molecule has 142 valence electrons. The summed E-state index contributed by atoms with van der Waals surface area (Å²) in [5, 5.41) is 3.82. The van der Waals surface area contributed by atoms with Crippen LogP contribution in [0.25, 0.3) is 0 Å². The highest BCUT2D eigenvalue weighted by molar-refractivity contribution is 5.46. The largest absolute Gasteiger partial charge is 0.382 e. The van der Waals surface area contributed by atoms with Gasteiger partial charge in [-0.15, -0.1) is 0 Å². The molecule has 1 N–H and O–H groups in total. The first-order chi connectivity index (χ1) is 13.8. The third kappa shape index (κ3) is 3.57. The van der Waals surface area contributed by atoms with E-state index in [4.69, 9.17) is 0 Å². The van der Waals surface area contributed by atoms with Gasteiger partial charge in [0.1, 0.15) is 0 Å². The van der Waals surface area contributed by atoms with Gasteiger partial charge >= 0.3 is 0 Å². The van der Waals surface area contributed by atoms with E-state index in [1.165, 1.54) is 42.7 Å². The number of benzene rings is 3. The molecule has 1 spiro atoms. The molecule has 28 heavy (non-hydrogen) atoms. The number of nitrogens with one attached hydrogen (secondary N) is 1. The molecule has 0 radical (unpaired) electrons. The van der Waals surface area contributed by atoms with Crippen LogP contribution < -0.4 is 5.32 Å². The van der Waals surface area contributed by atoms with Gasteiger partial charge in [0.15, 0.2) is 0 Å². The Balaban J connectivity index is 1.34. The summed E-state index contributed by atoms with van der Waals surface area (Å²) in [6.07, 6.45) is 2.46. The summed E-state index contributed by atoms with van der Waals surface area (Å²) in [5.74, 6) is 0.708. The van der Waals surface area contributed by atoms with Crippen molar-refractivity contribution in [2.45, 2.75) is 25.4 Å². The van der Waals surface area contributed by atoms with Gasteiger partial charge < -0.3 is 5.32 Å². The standard InChI is InChI=1S/C26H28N2/c1-4-10-21(11-5-1)16-23-19-28(18-22-12-6-2-7-13-22)20-26(23)17-25(26)27-24-14-8-3-9-15-24/h1-15,23,25,27H,16-20H2/t23-,25?,26?/m0/s1. The van der Waals surface area contributed by atoms with Crippen molar-refractivity contribution in [3.63, 3.8) is 0 Å². The smallest absolute Gasteiger partial charge is 0.0342 e. The molecule has 2 heteroatoms. The van der Waals surface area contributed by atoms with Gasteiger partial charge in [0.2, 0.25) is 0 Å². The molecule has 1 aliphatic heterocycles. The molecule has 1 aliphatic carbocycles. The van der Waals surface area contributed by atoms with Gasteiger partial charge in [0.05, 0.1) is 0 Å². The second-order valence-corrected chi connectivity index (χ2v) is 8.54. The van der Waals surface area contributed by atoms with E-state index in [1.807, 2.05) is 0 Å². The van der Waals surface area contributed by atoms with Gasteiger partial charge in [-0.3, -0.25) is 4.90 Å². The molecular weight excluding hydrogens is 340 g/mol. The van der Waals surface area contributed by atoms with E-state index in [2.05, 4.69) is 101 Å². The van der Waals surface area contributed by atoms with Crippen molar-refractivity contribution in [1.82, 2.24) is 4.90 Å². The highest BCUT2D eigenvalue weighted by Crippen LogP contribution is 2.58. The molecule has 3 atom stereocenters. The average Bonchev–Trinajstić information content (AvgIpc) is 3.31. The lowest BCUT2D eigenvalue weighted by atomic mass is 9.86. The lowest BCUT2D eigenvalue weighted by Crippen LogP contribution is -2.24. The van der Waals surface area contributed by atoms with Gasteiger partial charge in [-0.25, -0.2) is 0 Å². The topological polar surface area (TPSA) is 15.3 Å². The normalized spacial score (nSPS) is 26.4. The second-order valence-electron chi connectivity index (χ2n) is 8.54.